The summed E-state index contributed by atoms with van der Waals surface area (Å²) in [4.78, 5) is 4.06. The van der Waals surface area contributed by atoms with Gasteiger partial charge in [-0.3, -0.25) is 4.98 Å². The monoisotopic (exact) mass is 191 g/mol. The average Bonchev–Trinajstić information content (AvgIpc) is 2.13. The highest BCUT2D eigenvalue weighted by Crippen LogP contribution is 2.26. The van der Waals surface area contributed by atoms with Crippen LogP contribution >= 0.6 is 0 Å². The summed E-state index contributed by atoms with van der Waals surface area (Å²) < 4.78 is 0. The molecule has 0 bridgehead atoms. The fraction of sp³-hybridized carbons (Fsp3) is 0.545. The van der Waals surface area contributed by atoms with Crippen molar-refractivity contribution in [3.8, 4) is 0 Å². The SMILES string of the molecule is Cc1cnccc1NCC1CC(N)C1. The van der Waals surface area contributed by atoms with Crippen molar-refractivity contribution in [2.75, 3.05) is 11.9 Å². The quantitative estimate of drug-likeness (QED) is 0.762. The van der Waals surface area contributed by atoms with E-state index in [1.54, 1.807) is 0 Å². The van der Waals surface area contributed by atoms with Crippen molar-refractivity contribution in [2.24, 2.45) is 11.7 Å². The maximum Gasteiger partial charge on any atom is 0.0400 e. The van der Waals surface area contributed by atoms with Gasteiger partial charge in [-0.25, -0.2) is 0 Å². The number of nitrogens with two attached hydrogens (primary N) is 1. The maximum atomic E-state index is 5.73. The van der Waals surface area contributed by atoms with Crippen LogP contribution in [0.3, 0.4) is 0 Å². The minimum atomic E-state index is 0.445. The summed E-state index contributed by atoms with van der Waals surface area (Å²) in [6.45, 7) is 3.11. The van der Waals surface area contributed by atoms with E-state index in [4.69, 9.17) is 5.73 Å². The zero-order valence-corrected chi connectivity index (χ0v) is 8.53. The van der Waals surface area contributed by atoms with Crippen LogP contribution in [0.4, 0.5) is 5.69 Å². The summed E-state index contributed by atoms with van der Waals surface area (Å²) in [5.41, 5.74) is 8.13. The summed E-state index contributed by atoms with van der Waals surface area (Å²) in [7, 11) is 0. The van der Waals surface area contributed by atoms with E-state index in [-0.39, 0.29) is 0 Å². The highest BCUT2D eigenvalue weighted by atomic mass is 14.9. The molecule has 2 rings (SSSR count). The summed E-state index contributed by atoms with van der Waals surface area (Å²) in [6, 6.07) is 2.47. The standard InChI is InChI=1S/C11H17N3/c1-8-6-13-3-2-11(8)14-7-9-4-10(12)5-9/h2-3,6,9-10H,4-5,7,12H2,1H3,(H,13,14). The molecule has 0 amide bonds. The van der Waals surface area contributed by atoms with Crippen molar-refractivity contribution in [1.82, 2.24) is 4.98 Å². The van der Waals surface area contributed by atoms with Crippen LogP contribution in [0, 0.1) is 12.8 Å². The first-order valence-electron chi connectivity index (χ1n) is 5.16. The van der Waals surface area contributed by atoms with Crippen LogP contribution in [-0.4, -0.2) is 17.6 Å². The summed E-state index contributed by atoms with van der Waals surface area (Å²) in [5, 5.41) is 3.44. The number of nitrogens with zero attached hydrogens (tertiary/aromatic N) is 1. The van der Waals surface area contributed by atoms with E-state index in [1.807, 2.05) is 18.5 Å². The zero-order chi connectivity index (χ0) is 9.97. The Bertz CT molecular complexity index is 305. The van der Waals surface area contributed by atoms with Gasteiger partial charge in [0.05, 0.1) is 0 Å². The van der Waals surface area contributed by atoms with Crippen LogP contribution in [0.2, 0.25) is 0 Å². The predicted octanol–water partition coefficient (Wildman–Crippen LogP) is 1.54. The number of hydrogen-bond acceptors (Lipinski definition) is 3. The second-order valence-corrected chi connectivity index (χ2v) is 4.17. The van der Waals surface area contributed by atoms with Gasteiger partial charge in [-0.1, -0.05) is 0 Å². The average molecular weight is 191 g/mol. The summed E-state index contributed by atoms with van der Waals surface area (Å²) in [6.07, 6.45) is 6.03. The van der Waals surface area contributed by atoms with Gasteiger partial charge in [0.25, 0.3) is 0 Å². The first-order valence-corrected chi connectivity index (χ1v) is 5.16. The second-order valence-electron chi connectivity index (χ2n) is 4.17. The van der Waals surface area contributed by atoms with Crippen molar-refractivity contribution < 1.29 is 0 Å². The molecule has 76 valence electrons. The van der Waals surface area contributed by atoms with Gasteiger partial charge in [-0.2, -0.15) is 0 Å². The van der Waals surface area contributed by atoms with E-state index < -0.39 is 0 Å². The summed E-state index contributed by atoms with van der Waals surface area (Å²) in [5.74, 6) is 0.762. The van der Waals surface area contributed by atoms with Gasteiger partial charge in [-0.15, -0.1) is 0 Å². The molecule has 1 aromatic heterocycles. The Hall–Kier alpha value is -1.09. The predicted molar refractivity (Wildman–Crippen MR) is 58.2 cm³/mol. The van der Waals surface area contributed by atoms with Crippen molar-refractivity contribution >= 4 is 5.69 Å². The molecule has 1 aliphatic rings. The summed E-state index contributed by atoms with van der Waals surface area (Å²) >= 11 is 0. The molecule has 1 aromatic rings. The number of rotatable bonds is 3. The third-order valence-electron chi connectivity index (χ3n) is 2.87. The lowest BCUT2D eigenvalue weighted by molar-refractivity contribution is 0.280. The first-order chi connectivity index (χ1) is 6.75. The van der Waals surface area contributed by atoms with E-state index in [9.17, 15) is 0 Å². The van der Waals surface area contributed by atoms with E-state index in [0.29, 0.717) is 6.04 Å². The fourth-order valence-electron chi connectivity index (χ4n) is 1.88. The highest BCUT2D eigenvalue weighted by Gasteiger charge is 2.25. The largest absolute Gasteiger partial charge is 0.384 e. The smallest absolute Gasteiger partial charge is 0.0400 e. The molecule has 0 atom stereocenters. The van der Waals surface area contributed by atoms with Gasteiger partial charge in [0.1, 0.15) is 0 Å². The molecular weight excluding hydrogens is 174 g/mol. The maximum absolute atomic E-state index is 5.73. The van der Waals surface area contributed by atoms with Crippen molar-refractivity contribution in [3.05, 3.63) is 24.0 Å². The molecule has 0 unspecified atom stereocenters. The van der Waals surface area contributed by atoms with Gasteiger partial charge < -0.3 is 11.1 Å². The lowest BCUT2D eigenvalue weighted by atomic mass is 9.81. The molecule has 1 fully saturated rings. The Morgan fingerprint density at radius 3 is 3.00 bits per heavy atom. The van der Waals surface area contributed by atoms with E-state index in [2.05, 4.69) is 17.2 Å². The molecule has 0 saturated heterocycles. The van der Waals surface area contributed by atoms with E-state index >= 15 is 0 Å². The molecule has 1 heterocycles. The molecular formula is C11H17N3. The lowest BCUT2D eigenvalue weighted by Crippen LogP contribution is -2.39. The third kappa shape index (κ3) is 2.04. The van der Waals surface area contributed by atoms with Gasteiger partial charge in [-0.05, 0) is 37.3 Å². The van der Waals surface area contributed by atoms with Crippen molar-refractivity contribution in [1.29, 1.82) is 0 Å². The van der Waals surface area contributed by atoms with Crippen molar-refractivity contribution in [3.63, 3.8) is 0 Å². The molecule has 3 nitrogen and oxygen atoms in total. The third-order valence-corrected chi connectivity index (χ3v) is 2.87. The lowest BCUT2D eigenvalue weighted by Gasteiger charge is -2.32. The van der Waals surface area contributed by atoms with Crippen LogP contribution in [0.5, 0.6) is 0 Å². The molecule has 1 aliphatic carbocycles. The van der Waals surface area contributed by atoms with E-state index in [0.717, 1.165) is 25.3 Å². The molecule has 1 saturated carbocycles. The molecule has 0 aliphatic heterocycles. The van der Waals surface area contributed by atoms with Gasteiger partial charge >= 0.3 is 0 Å². The number of nitrogens with one attached hydrogen (secondary N) is 1. The Balaban J connectivity index is 1.83. The normalized spacial score (nSPS) is 25.6. The van der Waals surface area contributed by atoms with Crippen LogP contribution < -0.4 is 11.1 Å². The Morgan fingerprint density at radius 2 is 2.36 bits per heavy atom. The minimum Gasteiger partial charge on any atom is -0.384 e. The highest BCUT2D eigenvalue weighted by molar-refractivity contribution is 5.48. The fourth-order valence-corrected chi connectivity index (χ4v) is 1.88. The molecule has 3 heteroatoms. The minimum absolute atomic E-state index is 0.445. The Labute approximate surface area is 84.7 Å². The molecule has 14 heavy (non-hydrogen) atoms. The molecule has 0 spiro atoms. The van der Waals surface area contributed by atoms with Crippen LogP contribution in [-0.2, 0) is 0 Å². The van der Waals surface area contributed by atoms with Crippen LogP contribution in [0.15, 0.2) is 18.5 Å². The van der Waals surface area contributed by atoms with Crippen LogP contribution in [0.1, 0.15) is 18.4 Å². The second kappa shape index (κ2) is 3.96. The van der Waals surface area contributed by atoms with E-state index in [1.165, 1.54) is 11.3 Å². The first kappa shape index (κ1) is 9.46. The number of aromatic nitrogens is 1. The van der Waals surface area contributed by atoms with Gasteiger partial charge in [0, 0.05) is 30.7 Å². The molecule has 0 aromatic carbocycles. The Morgan fingerprint density at radius 1 is 1.57 bits per heavy atom. The van der Waals surface area contributed by atoms with Crippen LogP contribution in [0.25, 0.3) is 0 Å². The number of anilines is 1. The number of aryl methyl sites for hydroxylation is 1. The molecule has 0 radical (unpaired) electrons. The van der Waals surface area contributed by atoms with Crippen molar-refractivity contribution in [2.45, 2.75) is 25.8 Å². The topological polar surface area (TPSA) is 50.9 Å². The van der Waals surface area contributed by atoms with Gasteiger partial charge in [0.2, 0.25) is 0 Å². The zero-order valence-electron chi connectivity index (χ0n) is 8.53. The molecule has 3 N–H and O–H groups in total. The van der Waals surface area contributed by atoms with Gasteiger partial charge in [0.15, 0.2) is 0 Å². The number of hydrogen-bond donors (Lipinski definition) is 2. The number of pyridine rings is 1. The Kier molecular flexibility index (Phi) is 2.68.